The van der Waals surface area contributed by atoms with Crippen molar-refractivity contribution in [1.29, 1.82) is 5.41 Å². The Morgan fingerprint density at radius 1 is 1.83 bits per heavy atom. The monoisotopic (exact) mass is 104 g/mol. The van der Waals surface area contributed by atoms with Crippen molar-refractivity contribution in [2.24, 2.45) is 0 Å². The quantitative estimate of drug-likeness (QED) is 0.288. The summed E-state index contributed by atoms with van der Waals surface area (Å²) < 4.78 is 0. The van der Waals surface area contributed by atoms with Gasteiger partial charge in [0.15, 0.2) is 0 Å². The molecule has 1 atom stereocenters. The third-order valence-electron chi connectivity index (χ3n) is 0.312. The molecule has 0 bridgehead atoms. The van der Waals surface area contributed by atoms with Crippen molar-refractivity contribution in [3.8, 4) is 0 Å². The maximum absolute atomic E-state index is 6.79. The van der Waals surface area contributed by atoms with Crippen LogP contribution < -0.4 is 5.09 Å². The molecule has 3 heteroatoms. The number of nitrogens with one attached hydrogen (secondary N) is 2. The molecule has 2 nitrogen and oxygen atoms in total. The van der Waals surface area contributed by atoms with Crippen LogP contribution in [0.1, 0.15) is 6.92 Å². The van der Waals surface area contributed by atoms with E-state index in [1.165, 1.54) is 0 Å². The van der Waals surface area contributed by atoms with E-state index in [1.807, 2.05) is 6.66 Å². The second-order valence-electron chi connectivity index (χ2n) is 1.00. The van der Waals surface area contributed by atoms with Crippen molar-refractivity contribution < 1.29 is 0 Å². The average Bonchev–Trinajstić information content (AvgIpc) is 1.35. The molecule has 0 heterocycles. The predicted molar refractivity (Wildman–Crippen MR) is 30.8 cm³/mol. The summed E-state index contributed by atoms with van der Waals surface area (Å²) in [7, 11) is 0.664. The van der Waals surface area contributed by atoms with Crippen LogP contribution in [-0.2, 0) is 0 Å². The predicted octanol–water partition coefficient (Wildman–Crippen LogP) is 0.796. The lowest BCUT2D eigenvalue weighted by atomic mass is 10.8. The molecule has 0 saturated carbocycles. The molecule has 0 aliphatic carbocycles. The second-order valence-corrected chi connectivity index (χ2v) is 1.75. The van der Waals surface area contributed by atoms with E-state index in [4.69, 9.17) is 5.41 Å². The van der Waals surface area contributed by atoms with Gasteiger partial charge in [0.05, 0.1) is 5.84 Å². The van der Waals surface area contributed by atoms with E-state index in [0.29, 0.717) is 14.6 Å². The van der Waals surface area contributed by atoms with Crippen molar-refractivity contribution in [2.75, 3.05) is 6.66 Å². The zero-order chi connectivity index (χ0) is 4.99. The lowest BCUT2D eigenvalue weighted by Crippen LogP contribution is -2.05. The third kappa shape index (κ3) is 3.90. The van der Waals surface area contributed by atoms with Crippen LogP contribution in [-0.4, -0.2) is 12.5 Å². The number of hydrogen-bond donors (Lipinski definition) is 2. The zero-order valence-electron chi connectivity index (χ0n) is 4.00. The fourth-order valence-electron chi connectivity index (χ4n) is 0.188. The SMILES string of the molecule is CPNC(C)=N. The number of hydrogen-bond acceptors (Lipinski definition) is 1. The summed E-state index contributed by atoms with van der Waals surface area (Å²) in [4.78, 5) is 0. The Balaban J connectivity index is 2.83. The van der Waals surface area contributed by atoms with E-state index < -0.39 is 0 Å². The van der Waals surface area contributed by atoms with E-state index in [2.05, 4.69) is 5.09 Å². The first-order valence-electron chi connectivity index (χ1n) is 1.75. The van der Waals surface area contributed by atoms with Crippen LogP contribution in [0.25, 0.3) is 0 Å². The molecule has 36 valence electrons. The second kappa shape index (κ2) is 3.10. The summed E-state index contributed by atoms with van der Waals surface area (Å²) >= 11 is 0. The summed E-state index contributed by atoms with van der Waals surface area (Å²) in [5.41, 5.74) is 0. The Bertz CT molecular complexity index is 52.8. The molecule has 0 spiro atoms. The first kappa shape index (κ1) is 5.90. The Labute approximate surface area is 39.7 Å². The van der Waals surface area contributed by atoms with E-state index >= 15 is 0 Å². The lowest BCUT2D eigenvalue weighted by molar-refractivity contribution is 1.34. The minimum Gasteiger partial charge on any atom is -0.356 e. The van der Waals surface area contributed by atoms with E-state index in [1.54, 1.807) is 6.92 Å². The van der Waals surface area contributed by atoms with Crippen LogP contribution in [0.2, 0.25) is 0 Å². The molecule has 0 aromatic rings. The smallest absolute Gasteiger partial charge is 0.0930 e. The maximum Gasteiger partial charge on any atom is 0.0930 e. The molecule has 2 N–H and O–H groups in total. The Kier molecular flexibility index (Phi) is 3.05. The number of amidine groups is 1. The zero-order valence-corrected chi connectivity index (χ0v) is 5.00. The summed E-state index contributed by atoms with van der Waals surface area (Å²) in [6.07, 6.45) is 0. The summed E-state index contributed by atoms with van der Waals surface area (Å²) in [6, 6.07) is 0. The Morgan fingerprint density at radius 3 is 2.33 bits per heavy atom. The highest BCUT2D eigenvalue weighted by Gasteiger charge is 1.73. The molecule has 0 amide bonds. The van der Waals surface area contributed by atoms with Gasteiger partial charge in [0.25, 0.3) is 0 Å². The molecule has 0 aliphatic heterocycles. The van der Waals surface area contributed by atoms with Gasteiger partial charge in [-0.3, -0.25) is 5.41 Å². The fraction of sp³-hybridized carbons (Fsp3) is 0.667. The molecule has 0 saturated heterocycles. The van der Waals surface area contributed by atoms with Crippen LogP contribution in [0.5, 0.6) is 0 Å². The van der Waals surface area contributed by atoms with Crippen molar-refractivity contribution in [2.45, 2.75) is 6.92 Å². The summed E-state index contributed by atoms with van der Waals surface area (Å²) in [6.45, 7) is 3.73. The molecule has 0 rings (SSSR count). The van der Waals surface area contributed by atoms with Gasteiger partial charge in [-0.25, -0.2) is 0 Å². The minimum atomic E-state index is 0.552. The molecule has 0 aliphatic rings. The van der Waals surface area contributed by atoms with Gasteiger partial charge in [-0.1, -0.05) is 0 Å². The van der Waals surface area contributed by atoms with Crippen LogP contribution >= 0.6 is 8.73 Å². The highest BCUT2D eigenvalue weighted by Crippen LogP contribution is 1.89. The van der Waals surface area contributed by atoms with Crippen LogP contribution in [0.15, 0.2) is 0 Å². The third-order valence-corrected chi connectivity index (χ3v) is 0.938. The van der Waals surface area contributed by atoms with Crippen LogP contribution in [0.3, 0.4) is 0 Å². The van der Waals surface area contributed by atoms with Gasteiger partial charge in [0.2, 0.25) is 0 Å². The van der Waals surface area contributed by atoms with Crippen LogP contribution in [0.4, 0.5) is 0 Å². The standard InChI is InChI=1S/C3H9N2P/c1-3(4)5-6-2/h6H,1-2H3,(H2,4,5). The first-order valence-corrected chi connectivity index (χ1v) is 3.25. The largest absolute Gasteiger partial charge is 0.356 e. The summed E-state index contributed by atoms with van der Waals surface area (Å²) in [5, 5.41) is 9.61. The highest BCUT2D eigenvalue weighted by molar-refractivity contribution is 7.35. The van der Waals surface area contributed by atoms with E-state index in [0.717, 1.165) is 0 Å². The molecule has 0 aromatic carbocycles. The van der Waals surface area contributed by atoms with Crippen molar-refractivity contribution in [3.63, 3.8) is 0 Å². The number of rotatable bonds is 1. The molecular formula is C3H9N2P. The van der Waals surface area contributed by atoms with Gasteiger partial charge in [0.1, 0.15) is 0 Å². The van der Waals surface area contributed by atoms with Crippen molar-refractivity contribution in [3.05, 3.63) is 0 Å². The normalized spacial score (nSPS) is 9.67. The van der Waals surface area contributed by atoms with Gasteiger partial charge in [-0.05, 0) is 22.3 Å². The Hall–Kier alpha value is -0.100. The first-order chi connectivity index (χ1) is 2.77. The topological polar surface area (TPSA) is 35.9 Å². The summed E-state index contributed by atoms with van der Waals surface area (Å²) in [5.74, 6) is 0.552. The molecule has 1 unspecified atom stereocenters. The molecule has 0 aromatic heterocycles. The maximum atomic E-state index is 6.79. The molecular weight excluding hydrogens is 95.0 g/mol. The minimum absolute atomic E-state index is 0.552. The molecule has 0 fully saturated rings. The van der Waals surface area contributed by atoms with Gasteiger partial charge in [-0.15, -0.1) is 0 Å². The fourth-order valence-corrected chi connectivity index (χ4v) is 0.562. The van der Waals surface area contributed by atoms with Crippen molar-refractivity contribution in [1.82, 2.24) is 5.09 Å². The van der Waals surface area contributed by atoms with E-state index in [-0.39, 0.29) is 0 Å². The van der Waals surface area contributed by atoms with Gasteiger partial charge >= 0.3 is 0 Å². The van der Waals surface area contributed by atoms with Gasteiger partial charge < -0.3 is 5.09 Å². The Morgan fingerprint density at radius 2 is 2.33 bits per heavy atom. The van der Waals surface area contributed by atoms with E-state index in [9.17, 15) is 0 Å². The van der Waals surface area contributed by atoms with Crippen LogP contribution in [0, 0.1) is 5.41 Å². The van der Waals surface area contributed by atoms with Crippen molar-refractivity contribution >= 4 is 14.6 Å². The van der Waals surface area contributed by atoms with Gasteiger partial charge in [0, 0.05) is 0 Å². The lowest BCUT2D eigenvalue weighted by Gasteiger charge is -1.92. The molecule has 6 heavy (non-hydrogen) atoms. The average molecular weight is 104 g/mol. The molecule has 0 radical (unpaired) electrons. The highest BCUT2D eigenvalue weighted by atomic mass is 31.1. The van der Waals surface area contributed by atoms with Gasteiger partial charge in [-0.2, -0.15) is 0 Å².